The van der Waals surface area contributed by atoms with E-state index in [9.17, 15) is 4.79 Å². The molecular weight excluding hydrogens is 346 g/mol. The third-order valence-corrected chi connectivity index (χ3v) is 5.37. The van der Waals surface area contributed by atoms with Crippen LogP contribution in [-0.2, 0) is 13.0 Å². The van der Waals surface area contributed by atoms with E-state index in [0.29, 0.717) is 19.6 Å². The second-order valence-electron chi connectivity index (χ2n) is 7.25. The van der Waals surface area contributed by atoms with Gasteiger partial charge in [-0.1, -0.05) is 49.4 Å². The molecular formula is C24H29N3O. The number of benzene rings is 1. The third kappa shape index (κ3) is 3.86. The number of amides is 2. The van der Waals surface area contributed by atoms with Gasteiger partial charge in [-0.3, -0.25) is 4.90 Å². The number of aryl methyl sites for hydroxylation is 3. The van der Waals surface area contributed by atoms with E-state index in [1.807, 2.05) is 30.0 Å². The van der Waals surface area contributed by atoms with Crippen LogP contribution < -0.4 is 4.90 Å². The van der Waals surface area contributed by atoms with Crippen molar-refractivity contribution in [3.05, 3.63) is 77.0 Å². The number of aromatic nitrogens is 1. The van der Waals surface area contributed by atoms with Crippen molar-refractivity contribution in [1.82, 2.24) is 9.88 Å². The van der Waals surface area contributed by atoms with E-state index in [4.69, 9.17) is 4.98 Å². The number of hydrogen-bond acceptors (Lipinski definition) is 2. The lowest BCUT2D eigenvalue weighted by Crippen LogP contribution is -2.32. The molecule has 2 amide bonds. The average molecular weight is 376 g/mol. The summed E-state index contributed by atoms with van der Waals surface area (Å²) in [4.78, 5) is 21.5. The average Bonchev–Trinajstić information content (AvgIpc) is 3.05. The Morgan fingerprint density at radius 2 is 2.00 bits per heavy atom. The zero-order valence-electron chi connectivity index (χ0n) is 17.3. The Hall–Kier alpha value is -2.88. The van der Waals surface area contributed by atoms with Crippen molar-refractivity contribution in [1.29, 1.82) is 0 Å². The molecule has 0 atom stereocenters. The maximum absolute atomic E-state index is 13.0. The second kappa shape index (κ2) is 8.42. The highest BCUT2D eigenvalue weighted by Crippen LogP contribution is 2.26. The summed E-state index contributed by atoms with van der Waals surface area (Å²) in [6, 6.07) is 10.4. The van der Waals surface area contributed by atoms with Crippen LogP contribution in [0.1, 0.15) is 41.8 Å². The van der Waals surface area contributed by atoms with Crippen LogP contribution in [0.2, 0.25) is 0 Å². The van der Waals surface area contributed by atoms with Crippen molar-refractivity contribution in [2.75, 3.05) is 18.0 Å². The van der Waals surface area contributed by atoms with E-state index >= 15 is 0 Å². The molecule has 0 unspecified atom stereocenters. The van der Waals surface area contributed by atoms with Crippen molar-refractivity contribution in [3.63, 3.8) is 0 Å². The molecule has 1 fully saturated rings. The Balaban J connectivity index is 1.81. The number of allylic oxidation sites excluding steroid dienone is 3. The maximum Gasteiger partial charge on any atom is 0.326 e. The lowest BCUT2D eigenvalue weighted by atomic mass is 10.0. The first kappa shape index (κ1) is 19.9. The Labute approximate surface area is 168 Å². The fourth-order valence-electron chi connectivity index (χ4n) is 3.73. The van der Waals surface area contributed by atoms with Gasteiger partial charge in [0.2, 0.25) is 0 Å². The van der Waals surface area contributed by atoms with Gasteiger partial charge in [0.05, 0.1) is 5.69 Å². The van der Waals surface area contributed by atoms with Gasteiger partial charge in [-0.05, 0) is 56.0 Å². The van der Waals surface area contributed by atoms with Crippen molar-refractivity contribution >= 4 is 17.4 Å². The quantitative estimate of drug-likeness (QED) is 0.643. The second-order valence-corrected chi connectivity index (χ2v) is 7.25. The van der Waals surface area contributed by atoms with Gasteiger partial charge in [0, 0.05) is 25.2 Å². The molecule has 146 valence electrons. The summed E-state index contributed by atoms with van der Waals surface area (Å²) in [6.45, 7) is 14.2. The predicted octanol–water partition coefficient (Wildman–Crippen LogP) is 5.29. The lowest BCUT2D eigenvalue weighted by Gasteiger charge is -2.20. The summed E-state index contributed by atoms with van der Waals surface area (Å²) in [6.07, 6.45) is 4.70. The minimum absolute atomic E-state index is 0.0252. The molecule has 0 spiro atoms. The molecule has 1 aliphatic heterocycles. The SMILES string of the molecule is C=C/C(=C\C)c1ccc(N2CCN(Cc3ccc(C)cc3C)C2=O)nc1CC. The molecule has 1 aliphatic rings. The summed E-state index contributed by atoms with van der Waals surface area (Å²) in [5.41, 5.74) is 6.81. The molecule has 0 radical (unpaired) electrons. The minimum atomic E-state index is 0.0252. The molecule has 1 aromatic heterocycles. The molecule has 2 aromatic rings. The van der Waals surface area contributed by atoms with Crippen LogP contribution in [0.25, 0.3) is 5.57 Å². The molecule has 1 aromatic carbocycles. The van der Waals surface area contributed by atoms with Crippen LogP contribution in [0.4, 0.5) is 10.6 Å². The number of rotatable bonds is 6. The first-order valence-corrected chi connectivity index (χ1v) is 9.90. The fourth-order valence-corrected chi connectivity index (χ4v) is 3.73. The largest absolute Gasteiger partial charge is 0.326 e. The van der Waals surface area contributed by atoms with Gasteiger partial charge >= 0.3 is 6.03 Å². The van der Waals surface area contributed by atoms with Gasteiger partial charge in [-0.2, -0.15) is 0 Å². The standard InChI is InChI=1S/C24H29N3O/c1-6-19(7-2)21-11-12-23(25-22(21)8-3)27-14-13-26(24(27)28)16-20-10-9-17(4)15-18(20)5/h6-7,9-12,15H,1,8,13-14,16H2,2-5H3/b19-7+. The zero-order chi connectivity index (χ0) is 20.3. The van der Waals surface area contributed by atoms with E-state index < -0.39 is 0 Å². The molecule has 0 bridgehead atoms. The highest BCUT2D eigenvalue weighted by molar-refractivity contribution is 5.93. The molecule has 28 heavy (non-hydrogen) atoms. The van der Waals surface area contributed by atoms with Crippen molar-refractivity contribution < 1.29 is 4.79 Å². The highest BCUT2D eigenvalue weighted by atomic mass is 16.2. The normalized spacial score (nSPS) is 14.7. The molecule has 0 N–H and O–H groups in total. The number of hydrogen-bond donors (Lipinski definition) is 0. The van der Waals surface area contributed by atoms with Gasteiger partial charge < -0.3 is 4.90 Å². The number of carbonyl (C=O) groups is 1. The van der Waals surface area contributed by atoms with Gasteiger partial charge in [0.25, 0.3) is 0 Å². The van der Waals surface area contributed by atoms with Crippen LogP contribution in [0, 0.1) is 13.8 Å². The molecule has 1 saturated heterocycles. The van der Waals surface area contributed by atoms with E-state index in [0.717, 1.165) is 29.1 Å². The van der Waals surface area contributed by atoms with E-state index in [1.165, 1.54) is 16.7 Å². The summed E-state index contributed by atoms with van der Waals surface area (Å²) >= 11 is 0. The van der Waals surface area contributed by atoms with Crippen LogP contribution in [0.15, 0.2) is 49.1 Å². The summed E-state index contributed by atoms with van der Waals surface area (Å²) in [7, 11) is 0. The monoisotopic (exact) mass is 375 g/mol. The molecule has 0 aliphatic carbocycles. The molecule has 2 heterocycles. The van der Waals surface area contributed by atoms with E-state index in [-0.39, 0.29) is 6.03 Å². The topological polar surface area (TPSA) is 36.4 Å². The van der Waals surface area contributed by atoms with E-state index in [2.05, 4.69) is 51.6 Å². The first-order chi connectivity index (χ1) is 13.5. The van der Waals surface area contributed by atoms with Gasteiger partial charge in [-0.25, -0.2) is 9.78 Å². The van der Waals surface area contributed by atoms with Gasteiger partial charge in [0.15, 0.2) is 0 Å². The van der Waals surface area contributed by atoms with Crippen molar-refractivity contribution in [2.24, 2.45) is 0 Å². The number of carbonyl (C=O) groups excluding carboxylic acids is 1. The highest BCUT2D eigenvalue weighted by Gasteiger charge is 2.31. The van der Waals surface area contributed by atoms with Crippen LogP contribution >= 0.6 is 0 Å². The molecule has 4 heteroatoms. The molecule has 4 nitrogen and oxygen atoms in total. The lowest BCUT2D eigenvalue weighted by molar-refractivity contribution is 0.218. The Kier molecular flexibility index (Phi) is 5.98. The van der Waals surface area contributed by atoms with Crippen molar-refractivity contribution in [2.45, 2.75) is 40.7 Å². The Morgan fingerprint density at radius 3 is 2.64 bits per heavy atom. The first-order valence-electron chi connectivity index (χ1n) is 9.90. The Morgan fingerprint density at radius 1 is 1.21 bits per heavy atom. The molecule has 3 rings (SSSR count). The van der Waals surface area contributed by atoms with Crippen LogP contribution in [-0.4, -0.2) is 29.0 Å². The van der Waals surface area contributed by atoms with Gasteiger partial charge in [0.1, 0.15) is 5.82 Å². The zero-order valence-corrected chi connectivity index (χ0v) is 17.3. The third-order valence-electron chi connectivity index (χ3n) is 5.37. The van der Waals surface area contributed by atoms with Gasteiger partial charge in [-0.15, -0.1) is 0 Å². The minimum Gasteiger partial charge on any atom is -0.318 e. The summed E-state index contributed by atoms with van der Waals surface area (Å²) < 4.78 is 0. The fraction of sp³-hybridized carbons (Fsp3) is 0.333. The summed E-state index contributed by atoms with van der Waals surface area (Å²) in [5.74, 6) is 0.730. The van der Waals surface area contributed by atoms with Crippen LogP contribution in [0.3, 0.4) is 0 Å². The van der Waals surface area contributed by atoms with Crippen LogP contribution in [0.5, 0.6) is 0 Å². The number of anilines is 1. The number of urea groups is 1. The smallest absolute Gasteiger partial charge is 0.318 e. The number of nitrogens with zero attached hydrogens (tertiary/aromatic N) is 3. The van der Waals surface area contributed by atoms with E-state index in [1.54, 1.807) is 4.90 Å². The number of pyridine rings is 1. The maximum atomic E-state index is 13.0. The Bertz CT molecular complexity index is 929. The predicted molar refractivity (Wildman–Crippen MR) is 117 cm³/mol. The molecule has 0 saturated carbocycles. The summed E-state index contributed by atoms with van der Waals surface area (Å²) in [5, 5.41) is 0. The van der Waals surface area contributed by atoms with Crippen molar-refractivity contribution in [3.8, 4) is 0 Å².